The van der Waals surface area contributed by atoms with Crippen molar-refractivity contribution in [2.24, 2.45) is 5.92 Å². The third kappa shape index (κ3) is 1.63. The van der Waals surface area contributed by atoms with Gasteiger partial charge in [0.25, 0.3) is 5.56 Å². The predicted molar refractivity (Wildman–Crippen MR) is 56.5 cm³/mol. The molecule has 1 aromatic heterocycles. The lowest BCUT2D eigenvalue weighted by Gasteiger charge is -2.15. The van der Waals surface area contributed by atoms with Crippen LogP contribution in [0.15, 0.2) is 4.79 Å². The summed E-state index contributed by atoms with van der Waals surface area (Å²) in [6.07, 6.45) is 4.43. The molecule has 0 atom stereocenters. The van der Waals surface area contributed by atoms with Gasteiger partial charge in [0.1, 0.15) is 0 Å². The van der Waals surface area contributed by atoms with E-state index in [-0.39, 0.29) is 5.56 Å². The smallest absolute Gasteiger partial charge is 0.267 e. The Labute approximate surface area is 84.1 Å². The Hall–Kier alpha value is -0.990. The van der Waals surface area contributed by atoms with Crippen molar-refractivity contribution in [1.82, 2.24) is 9.78 Å². The molecular formula is C11H18N2O. The van der Waals surface area contributed by atoms with Crippen LogP contribution in [0.2, 0.25) is 0 Å². The van der Waals surface area contributed by atoms with Crippen molar-refractivity contribution in [3.05, 3.63) is 21.6 Å². The fourth-order valence-electron chi connectivity index (χ4n) is 2.21. The van der Waals surface area contributed by atoms with Gasteiger partial charge in [0.2, 0.25) is 0 Å². The summed E-state index contributed by atoms with van der Waals surface area (Å²) in [5, 5.41) is 2.95. The average Bonchev–Trinajstić information content (AvgIpc) is 2.44. The maximum atomic E-state index is 11.6. The van der Waals surface area contributed by atoms with Gasteiger partial charge >= 0.3 is 0 Å². The third-order valence-corrected chi connectivity index (χ3v) is 2.82. The molecule has 1 aromatic rings. The normalized spacial score (nSPS) is 15.9. The van der Waals surface area contributed by atoms with E-state index in [2.05, 4.69) is 23.6 Å². The minimum Gasteiger partial charge on any atom is -0.289 e. The van der Waals surface area contributed by atoms with E-state index in [1.807, 2.05) is 0 Å². The van der Waals surface area contributed by atoms with E-state index in [4.69, 9.17) is 0 Å². The van der Waals surface area contributed by atoms with E-state index in [0.29, 0.717) is 5.92 Å². The number of fused-ring (bicyclic) bond motifs is 1. The lowest BCUT2D eigenvalue weighted by Crippen LogP contribution is -2.12. The highest BCUT2D eigenvalue weighted by molar-refractivity contribution is 5.20. The van der Waals surface area contributed by atoms with Crippen LogP contribution in [0.3, 0.4) is 0 Å². The molecule has 1 aliphatic carbocycles. The highest BCUT2D eigenvalue weighted by atomic mass is 16.1. The molecule has 0 aromatic carbocycles. The van der Waals surface area contributed by atoms with Crippen molar-refractivity contribution >= 4 is 0 Å². The van der Waals surface area contributed by atoms with Crippen molar-refractivity contribution in [2.45, 2.75) is 46.1 Å². The molecular weight excluding hydrogens is 176 g/mol. The second-order valence-corrected chi connectivity index (χ2v) is 4.58. The number of H-pyrrole nitrogens is 1. The molecule has 0 bridgehead atoms. The number of hydrogen-bond acceptors (Lipinski definition) is 1. The van der Waals surface area contributed by atoms with Gasteiger partial charge in [-0.3, -0.25) is 14.6 Å². The Kier molecular flexibility index (Phi) is 2.48. The molecule has 3 heteroatoms. The van der Waals surface area contributed by atoms with E-state index >= 15 is 0 Å². The monoisotopic (exact) mass is 194 g/mol. The van der Waals surface area contributed by atoms with E-state index in [0.717, 1.165) is 24.9 Å². The second-order valence-electron chi connectivity index (χ2n) is 4.58. The van der Waals surface area contributed by atoms with Gasteiger partial charge in [-0.25, -0.2) is 0 Å². The zero-order valence-corrected chi connectivity index (χ0v) is 8.97. The first-order valence-electron chi connectivity index (χ1n) is 5.49. The van der Waals surface area contributed by atoms with Crippen molar-refractivity contribution in [2.75, 3.05) is 0 Å². The second kappa shape index (κ2) is 3.64. The molecule has 0 saturated carbocycles. The zero-order chi connectivity index (χ0) is 10.1. The summed E-state index contributed by atoms with van der Waals surface area (Å²) < 4.78 is 2.06. The molecule has 14 heavy (non-hydrogen) atoms. The Bertz CT molecular complexity index is 373. The zero-order valence-electron chi connectivity index (χ0n) is 8.97. The van der Waals surface area contributed by atoms with Crippen molar-refractivity contribution < 1.29 is 0 Å². The first-order valence-corrected chi connectivity index (χ1v) is 5.49. The van der Waals surface area contributed by atoms with Crippen molar-refractivity contribution in [3.8, 4) is 0 Å². The maximum Gasteiger partial charge on any atom is 0.267 e. The van der Waals surface area contributed by atoms with Crippen LogP contribution >= 0.6 is 0 Å². The van der Waals surface area contributed by atoms with E-state index in [9.17, 15) is 4.79 Å². The molecule has 0 radical (unpaired) electrons. The number of aromatic nitrogens is 2. The van der Waals surface area contributed by atoms with Crippen LogP contribution in [0.25, 0.3) is 0 Å². The molecule has 0 amide bonds. The van der Waals surface area contributed by atoms with Gasteiger partial charge in [-0.1, -0.05) is 13.8 Å². The summed E-state index contributed by atoms with van der Waals surface area (Å²) in [4.78, 5) is 11.6. The summed E-state index contributed by atoms with van der Waals surface area (Å²) >= 11 is 0. The van der Waals surface area contributed by atoms with E-state index in [1.54, 1.807) is 0 Å². The van der Waals surface area contributed by atoms with Crippen LogP contribution in [-0.2, 0) is 19.4 Å². The molecule has 0 aliphatic heterocycles. The van der Waals surface area contributed by atoms with Crippen LogP contribution in [-0.4, -0.2) is 9.78 Å². The Morgan fingerprint density at radius 1 is 1.36 bits per heavy atom. The molecule has 0 spiro atoms. The Balaban J connectivity index is 2.36. The predicted octanol–water partition coefficient (Wildman–Crippen LogP) is 1.71. The van der Waals surface area contributed by atoms with Crippen LogP contribution in [0.1, 0.15) is 37.9 Å². The summed E-state index contributed by atoms with van der Waals surface area (Å²) in [5.74, 6) is 0.587. The van der Waals surface area contributed by atoms with Crippen LogP contribution < -0.4 is 5.56 Å². The Morgan fingerprint density at radius 2 is 2.07 bits per heavy atom. The molecule has 1 N–H and O–H groups in total. The highest BCUT2D eigenvalue weighted by Crippen LogP contribution is 2.18. The quantitative estimate of drug-likeness (QED) is 0.764. The molecule has 1 heterocycles. The third-order valence-electron chi connectivity index (χ3n) is 2.82. The maximum absolute atomic E-state index is 11.6. The van der Waals surface area contributed by atoms with Gasteiger partial charge in [-0.05, 0) is 31.6 Å². The van der Waals surface area contributed by atoms with E-state index in [1.165, 1.54) is 18.5 Å². The SMILES string of the molecule is CC(C)Cn1[nH]c(=O)c2c1CCCC2. The van der Waals surface area contributed by atoms with Gasteiger partial charge < -0.3 is 0 Å². The van der Waals surface area contributed by atoms with Gasteiger partial charge in [0.05, 0.1) is 0 Å². The molecule has 0 fully saturated rings. The molecule has 2 rings (SSSR count). The van der Waals surface area contributed by atoms with Crippen molar-refractivity contribution in [3.63, 3.8) is 0 Å². The minimum absolute atomic E-state index is 0.139. The summed E-state index contributed by atoms with van der Waals surface area (Å²) in [6, 6.07) is 0. The Morgan fingerprint density at radius 3 is 2.79 bits per heavy atom. The summed E-state index contributed by atoms with van der Waals surface area (Å²) in [5.41, 5.74) is 2.44. The lowest BCUT2D eigenvalue weighted by atomic mass is 9.98. The molecule has 0 unspecified atom stereocenters. The number of hydrogen-bond donors (Lipinski definition) is 1. The topological polar surface area (TPSA) is 37.8 Å². The number of nitrogens with one attached hydrogen (secondary N) is 1. The van der Waals surface area contributed by atoms with Gasteiger partial charge in [-0.15, -0.1) is 0 Å². The van der Waals surface area contributed by atoms with Crippen LogP contribution in [0.4, 0.5) is 0 Å². The van der Waals surface area contributed by atoms with Gasteiger partial charge in [-0.2, -0.15) is 0 Å². The number of nitrogens with zero attached hydrogens (tertiary/aromatic N) is 1. The highest BCUT2D eigenvalue weighted by Gasteiger charge is 2.18. The largest absolute Gasteiger partial charge is 0.289 e. The standard InChI is InChI=1S/C11H18N2O/c1-8(2)7-13-10-6-4-3-5-9(10)11(14)12-13/h8H,3-7H2,1-2H3,(H,12,14). The summed E-state index contributed by atoms with van der Waals surface area (Å²) in [6.45, 7) is 5.28. The fraction of sp³-hybridized carbons (Fsp3) is 0.727. The lowest BCUT2D eigenvalue weighted by molar-refractivity contribution is 0.459. The van der Waals surface area contributed by atoms with Gasteiger partial charge in [0.15, 0.2) is 0 Å². The van der Waals surface area contributed by atoms with Crippen LogP contribution in [0.5, 0.6) is 0 Å². The first kappa shape index (κ1) is 9.56. The molecule has 0 saturated heterocycles. The minimum atomic E-state index is 0.139. The fourth-order valence-corrected chi connectivity index (χ4v) is 2.21. The van der Waals surface area contributed by atoms with Crippen LogP contribution in [0, 0.1) is 5.92 Å². The number of rotatable bonds is 2. The molecule has 78 valence electrons. The number of aromatic amines is 1. The summed E-state index contributed by atoms with van der Waals surface area (Å²) in [7, 11) is 0. The van der Waals surface area contributed by atoms with Gasteiger partial charge in [0, 0.05) is 17.8 Å². The average molecular weight is 194 g/mol. The first-order chi connectivity index (χ1) is 6.68. The molecule has 1 aliphatic rings. The van der Waals surface area contributed by atoms with E-state index < -0.39 is 0 Å². The molecule has 3 nitrogen and oxygen atoms in total. The van der Waals surface area contributed by atoms with Crippen molar-refractivity contribution in [1.29, 1.82) is 0 Å².